The second kappa shape index (κ2) is 5.25. The summed E-state index contributed by atoms with van der Waals surface area (Å²) in [4.78, 5) is 11.8. The number of hydrogen-bond donors (Lipinski definition) is 1. The van der Waals surface area contributed by atoms with Crippen molar-refractivity contribution in [1.82, 2.24) is 10.2 Å². The SMILES string of the molecule is O=C(Nc1ccc(Cl)c(Br)c1)c1ccnnc1. The van der Waals surface area contributed by atoms with E-state index in [-0.39, 0.29) is 5.91 Å². The van der Waals surface area contributed by atoms with Crippen LogP contribution in [0.25, 0.3) is 0 Å². The van der Waals surface area contributed by atoms with Crippen molar-refractivity contribution in [2.75, 3.05) is 5.32 Å². The molecule has 1 aromatic carbocycles. The summed E-state index contributed by atoms with van der Waals surface area (Å²) >= 11 is 9.14. The van der Waals surface area contributed by atoms with Gasteiger partial charge in [-0.15, -0.1) is 0 Å². The topological polar surface area (TPSA) is 54.9 Å². The van der Waals surface area contributed by atoms with Gasteiger partial charge < -0.3 is 5.32 Å². The number of carbonyl (C=O) groups is 1. The first-order chi connectivity index (χ1) is 8.16. The standard InChI is InChI=1S/C11H7BrClN3O/c12-9-5-8(1-2-10(9)13)16-11(17)7-3-4-14-15-6-7/h1-6H,(H,16,17). The van der Waals surface area contributed by atoms with Crippen LogP contribution in [0.5, 0.6) is 0 Å². The quantitative estimate of drug-likeness (QED) is 0.927. The monoisotopic (exact) mass is 311 g/mol. The van der Waals surface area contributed by atoms with E-state index in [4.69, 9.17) is 11.6 Å². The van der Waals surface area contributed by atoms with Crippen LogP contribution in [0.3, 0.4) is 0 Å². The smallest absolute Gasteiger partial charge is 0.257 e. The maximum atomic E-state index is 11.8. The fourth-order valence-electron chi connectivity index (χ4n) is 1.20. The molecule has 0 saturated carbocycles. The molecule has 1 amide bonds. The van der Waals surface area contributed by atoms with Crippen molar-refractivity contribution in [3.05, 3.63) is 51.7 Å². The van der Waals surface area contributed by atoms with E-state index < -0.39 is 0 Å². The first-order valence-corrected chi connectivity index (χ1v) is 5.87. The zero-order valence-electron chi connectivity index (χ0n) is 8.52. The molecule has 1 N–H and O–H groups in total. The van der Waals surface area contributed by atoms with E-state index in [2.05, 4.69) is 31.4 Å². The number of aromatic nitrogens is 2. The molecule has 0 saturated heterocycles. The number of amides is 1. The second-order valence-corrected chi connectivity index (χ2v) is 4.48. The first-order valence-electron chi connectivity index (χ1n) is 4.70. The first kappa shape index (κ1) is 12.0. The summed E-state index contributed by atoms with van der Waals surface area (Å²) in [5.41, 5.74) is 1.11. The third-order valence-corrected chi connectivity index (χ3v) is 3.24. The number of rotatable bonds is 2. The Bertz CT molecular complexity index is 548. The maximum Gasteiger partial charge on any atom is 0.257 e. The predicted octanol–water partition coefficient (Wildman–Crippen LogP) is 3.14. The van der Waals surface area contributed by atoms with Crippen LogP contribution >= 0.6 is 27.5 Å². The second-order valence-electron chi connectivity index (χ2n) is 3.21. The molecule has 2 rings (SSSR count). The highest BCUT2D eigenvalue weighted by Crippen LogP contribution is 2.25. The molecule has 0 aliphatic heterocycles. The Labute approximate surface area is 111 Å². The van der Waals surface area contributed by atoms with E-state index in [0.717, 1.165) is 4.47 Å². The summed E-state index contributed by atoms with van der Waals surface area (Å²) in [6, 6.07) is 6.74. The van der Waals surface area contributed by atoms with Crippen molar-refractivity contribution in [2.45, 2.75) is 0 Å². The summed E-state index contributed by atoms with van der Waals surface area (Å²) in [5, 5.41) is 10.6. The number of benzene rings is 1. The molecule has 0 radical (unpaired) electrons. The molecule has 1 aromatic heterocycles. The van der Waals surface area contributed by atoms with E-state index in [0.29, 0.717) is 16.3 Å². The molecule has 0 atom stereocenters. The summed E-state index contributed by atoms with van der Waals surface area (Å²) in [6.45, 7) is 0. The Morgan fingerprint density at radius 3 is 2.76 bits per heavy atom. The molecule has 0 aliphatic rings. The molecule has 0 spiro atoms. The van der Waals surface area contributed by atoms with Gasteiger partial charge in [0, 0.05) is 10.2 Å². The minimum absolute atomic E-state index is 0.242. The largest absolute Gasteiger partial charge is 0.322 e. The molecule has 17 heavy (non-hydrogen) atoms. The van der Waals surface area contributed by atoms with Crippen LogP contribution in [0.15, 0.2) is 41.1 Å². The van der Waals surface area contributed by atoms with Gasteiger partial charge in [-0.1, -0.05) is 11.6 Å². The van der Waals surface area contributed by atoms with Gasteiger partial charge in [-0.25, -0.2) is 0 Å². The molecule has 6 heteroatoms. The van der Waals surface area contributed by atoms with Gasteiger partial charge in [0.25, 0.3) is 5.91 Å². The van der Waals surface area contributed by atoms with Crippen molar-refractivity contribution < 1.29 is 4.79 Å². The lowest BCUT2D eigenvalue weighted by Crippen LogP contribution is -2.12. The van der Waals surface area contributed by atoms with Gasteiger partial charge in [-0.2, -0.15) is 10.2 Å². The number of anilines is 1. The van der Waals surface area contributed by atoms with E-state index >= 15 is 0 Å². The van der Waals surface area contributed by atoms with Gasteiger partial charge in [-0.3, -0.25) is 4.79 Å². The highest BCUT2D eigenvalue weighted by Gasteiger charge is 2.06. The van der Waals surface area contributed by atoms with Crippen molar-refractivity contribution >= 4 is 39.1 Å². The third kappa shape index (κ3) is 3.01. The number of nitrogens with one attached hydrogen (secondary N) is 1. The van der Waals surface area contributed by atoms with Crippen molar-refractivity contribution in [2.24, 2.45) is 0 Å². The van der Waals surface area contributed by atoms with Gasteiger partial charge >= 0.3 is 0 Å². The van der Waals surface area contributed by atoms with Crippen LogP contribution in [0.1, 0.15) is 10.4 Å². The lowest BCUT2D eigenvalue weighted by atomic mass is 10.2. The maximum absolute atomic E-state index is 11.8. The van der Waals surface area contributed by atoms with E-state index in [9.17, 15) is 4.79 Å². The Balaban J connectivity index is 2.16. The van der Waals surface area contributed by atoms with Crippen molar-refractivity contribution in [1.29, 1.82) is 0 Å². The van der Waals surface area contributed by atoms with Crippen LogP contribution in [-0.4, -0.2) is 16.1 Å². The molecule has 4 nitrogen and oxygen atoms in total. The van der Waals surface area contributed by atoms with E-state index in [1.54, 1.807) is 24.3 Å². The number of nitrogens with zero attached hydrogens (tertiary/aromatic N) is 2. The highest BCUT2D eigenvalue weighted by atomic mass is 79.9. The third-order valence-electron chi connectivity index (χ3n) is 2.02. The van der Waals surface area contributed by atoms with Gasteiger partial charge in [0.15, 0.2) is 0 Å². The van der Waals surface area contributed by atoms with Gasteiger partial charge in [-0.05, 0) is 40.2 Å². The van der Waals surface area contributed by atoms with E-state index in [1.165, 1.54) is 12.4 Å². The molecule has 86 valence electrons. The molecule has 0 fully saturated rings. The van der Waals surface area contributed by atoms with Gasteiger partial charge in [0.1, 0.15) is 0 Å². The number of hydrogen-bond acceptors (Lipinski definition) is 3. The average Bonchev–Trinajstić information content (AvgIpc) is 2.35. The summed E-state index contributed by atoms with van der Waals surface area (Å²) in [5.74, 6) is -0.242. The minimum atomic E-state index is -0.242. The summed E-state index contributed by atoms with van der Waals surface area (Å²) in [7, 11) is 0. The fourth-order valence-corrected chi connectivity index (χ4v) is 1.70. The van der Waals surface area contributed by atoms with Crippen LogP contribution < -0.4 is 5.32 Å². The van der Waals surface area contributed by atoms with E-state index in [1.807, 2.05) is 0 Å². The van der Waals surface area contributed by atoms with Crippen molar-refractivity contribution in [3.63, 3.8) is 0 Å². The Morgan fingerprint density at radius 2 is 2.12 bits per heavy atom. The van der Waals surface area contributed by atoms with Crippen LogP contribution in [0.4, 0.5) is 5.69 Å². The Hall–Kier alpha value is -1.46. The van der Waals surface area contributed by atoms with Gasteiger partial charge in [0.05, 0.1) is 23.0 Å². The highest BCUT2D eigenvalue weighted by molar-refractivity contribution is 9.10. The van der Waals surface area contributed by atoms with Crippen LogP contribution in [-0.2, 0) is 0 Å². The minimum Gasteiger partial charge on any atom is -0.322 e. The molecule has 1 heterocycles. The zero-order valence-corrected chi connectivity index (χ0v) is 10.9. The lowest BCUT2D eigenvalue weighted by molar-refractivity contribution is 0.102. The predicted molar refractivity (Wildman–Crippen MR) is 69.1 cm³/mol. The number of halogens is 2. The molecule has 2 aromatic rings. The van der Waals surface area contributed by atoms with Gasteiger partial charge in [0.2, 0.25) is 0 Å². The van der Waals surface area contributed by atoms with Crippen molar-refractivity contribution in [3.8, 4) is 0 Å². The van der Waals surface area contributed by atoms with Crippen LogP contribution in [0.2, 0.25) is 5.02 Å². The normalized spacial score (nSPS) is 10.0. The number of carbonyl (C=O) groups excluding carboxylic acids is 1. The Kier molecular flexibility index (Phi) is 3.71. The zero-order chi connectivity index (χ0) is 12.3. The average molecular weight is 313 g/mol. The molecule has 0 aliphatic carbocycles. The lowest BCUT2D eigenvalue weighted by Gasteiger charge is -2.05. The summed E-state index contributed by atoms with van der Waals surface area (Å²) in [6.07, 6.45) is 2.87. The Morgan fingerprint density at radius 1 is 1.29 bits per heavy atom. The fraction of sp³-hybridized carbons (Fsp3) is 0. The molecule has 0 bridgehead atoms. The molecular formula is C11H7BrClN3O. The molecular weight excluding hydrogens is 305 g/mol. The van der Waals surface area contributed by atoms with Crippen LogP contribution in [0, 0.1) is 0 Å². The molecule has 0 unspecified atom stereocenters. The summed E-state index contributed by atoms with van der Waals surface area (Å²) < 4.78 is 0.727.